The molecule has 2 heterocycles. The number of anilines is 2. The van der Waals surface area contributed by atoms with Gasteiger partial charge in [0.1, 0.15) is 12.4 Å². The first kappa shape index (κ1) is 22.1. The zero-order valence-corrected chi connectivity index (χ0v) is 19.7. The predicted octanol–water partition coefficient (Wildman–Crippen LogP) is 4.62. The summed E-state index contributed by atoms with van der Waals surface area (Å²) < 4.78 is 5.93. The Morgan fingerprint density at radius 2 is 1.91 bits per heavy atom. The molecule has 0 unspecified atom stereocenters. The molecule has 0 bridgehead atoms. The van der Waals surface area contributed by atoms with Gasteiger partial charge in [0.05, 0.1) is 18.6 Å². The lowest BCUT2D eigenvalue weighted by Gasteiger charge is -2.19. The number of benzene rings is 2. The van der Waals surface area contributed by atoms with Crippen LogP contribution in [0.4, 0.5) is 11.5 Å². The van der Waals surface area contributed by atoms with Crippen LogP contribution in [0.25, 0.3) is 11.4 Å². The second kappa shape index (κ2) is 9.57. The van der Waals surface area contributed by atoms with Crippen molar-refractivity contribution in [3.63, 3.8) is 0 Å². The first-order valence-corrected chi connectivity index (χ1v) is 11.2. The fourth-order valence-corrected chi connectivity index (χ4v) is 4.03. The van der Waals surface area contributed by atoms with Crippen LogP contribution in [-0.2, 0) is 6.54 Å². The largest absolute Gasteiger partial charge is 0.492 e. The first-order chi connectivity index (χ1) is 15.4. The lowest BCUT2D eigenvalue weighted by molar-refractivity contribution is 0.261. The highest BCUT2D eigenvalue weighted by atomic mass is 16.5. The number of rotatable bonds is 8. The highest BCUT2D eigenvalue weighted by Gasteiger charge is 2.26. The zero-order valence-electron chi connectivity index (χ0n) is 19.7. The van der Waals surface area contributed by atoms with E-state index < -0.39 is 0 Å². The van der Waals surface area contributed by atoms with Gasteiger partial charge in [-0.15, -0.1) is 0 Å². The first-order valence-electron chi connectivity index (χ1n) is 11.2. The second-order valence-corrected chi connectivity index (χ2v) is 8.98. The molecule has 1 aliphatic rings. The summed E-state index contributed by atoms with van der Waals surface area (Å²) in [6, 6.07) is 16.8. The van der Waals surface area contributed by atoms with Crippen LogP contribution in [0.3, 0.4) is 0 Å². The topological polar surface area (TPSA) is 44.7 Å². The van der Waals surface area contributed by atoms with Crippen molar-refractivity contribution in [2.45, 2.75) is 26.3 Å². The molecule has 3 aromatic rings. The van der Waals surface area contributed by atoms with Gasteiger partial charge in [-0.05, 0) is 43.3 Å². The van der Waals surface area contributed by atoms with Crippen LogP contribution in [0, 0.1) is 0 Å². The molecule has 32 heavy (non-hydrogen) atoms. The van der Waals surface area contributed by atoms with Gasteiger partial charge in [-0.2, -0.15) is 0 Å². The van der Waals surface area contributed by atoms with Crippen LogP contribution >= 0.6 is 0 Å². The van der Waals surface area contributed by atoms with E-state index in [2.05, 4.69) is 92.2 Å². The van der Waals surface area contributed by atoms with Crippen LogP contribution in [0.15, 0.2) is 54.7 Å². The minimum absolute atomic E-state index is 0.414. The SMILES string of the molecule is CC(C)c1ccccc1-c1ncc2c(n1)N(Cc1cccc(OCCN(C)C)c1)CN2C. The number of hydrogen-bond acceptors (Lipinski definition) is 6. The van der Waals surface area contributed by atoms with Crippen LogP contribution in [0.5, 0.6) is 5.75 Å². The van der Waals surface area contributed by atoms with Gasteiger partial charge in [0.2, 0.25) is 0 Å². The van der Waals surface area contributed by atoms with Crippen molar-refractivity contribution in [2.75, 3.05) is 50.8 Å². The maximum atomic E-state index is 5.93. The summed E-state index contributed by atoms with van der Waals surface area (Å²) in [6.07, 6.45) is 1.95. The third-order valence-corrected chi connectivity index (χ3v) is 5.75. The molecule has 6 nitrogen and oxygen atoms in total. The van der Waals surface area contributed by atoms with Crippen molar-refractivity contribution in [3.05, 3.63) is 65.9 Å². The maximum absolute atomic E-state index is 5.93. The quantitative estimate of drug-likeness (QED) is 0.519. The van der Waals surface area contributed by atoms with Crippen molar-refractivity contribution in [2.24, 2.45) is 0 Å². The Labute approximate surface area is 191 Å². The normalized spacial score (nSPS) is 13.2. The molecule has 0 aliphatic carbocycles. The standard InChI is InChI=1S/C26H33N5O/c1-19(2)22-11-6-7-12-23(22)25-27-16-24-26(28-25)31(18-30(24)5)17-20-9-8-10-21(15-20)32-14-13-29(3)4/h6-12,15-16,19H,13-14,17-18H2,1-5H3. The van der Waals surface area contributed by atoms with Gasteiger partial charge in [-0.3, -0.25) is 0 Å². The molecule has 1 aromatic heterocycles. The van der Waals surface area contributed by atoms with Crippen molar-refractivity contribution in [3.8, 4) is 17.1 Å². The average molecular weight is 432 g/mol. The summed E-state index contributed by atoms with van der Waals surface area (Å²) in [5.41, 5.74) is 4.65. The molecule has 0 fully saturated rings. The van der Waals surface area contributed by atoms with Crippen molar-refractivity contribution in [1.82, 2.24) is 14.9 Å². The molecule has 0 spiro atoms. The lowest BCUT2D eigenvalue weighted by atomic mass is 9.97. The fraction of sp³-hybridized carbons (Fsp3) is 0.385. The summed E-state index contributed by atoms with van der Waals surface area (Å²) in [5.74, 6) is 3.09. The number of hydrogen-bond donors (Lipinski definition) is 0. The Hall–Kier alpha value is -3.12. The van der Waals surface area contributed by atoms with Crippen LogP contribution < -0.4 is 14.5 Å². The van der Waals surface area contributed by atoms with Gasteiger partial charge in [0.15, 0.2) is 11.6 Å². The molecule has 1 aliphatic heterocycles. The molecule has 0 saturated heterocycles. The monoisotopic (exact) mass is 431 g/mol. The molecule has 0 amide bonds. The van der Waals surface area contributed by atoms with E-state index in [1.165, 1.54) is 11.1 Å². The fourth-order valence-electron chi connectivity index (χ4n) is 4.03. The number of nitrogens with zero attached hydrogens (tertiary/aromatic N) is 5. The minimum Gasteiger partial charge on any atom is -0.492 e. The summed E-state index contributed by atoms with van der Waals surface area (Å²) >= 11 is 0. The Morgan fingerprint density at radius 1 is 1.09 bits per heavy atom. The number of fused-ring (bicyclic) bond motifs is 1. The van der Waals surface area contributed by atoms with E-state index in [1.807, 2.05) is 12.3 Å². The number of likely N-dealkylation sites (N-methyl/N-ethyl adjacent to an activating group) is 1. The molecule has 0 N–H and O–H groups in total. The van der Waals surface area contributed by atoms with Gasteiger partial charge < -0.3 is 19.4 Å². The third kappa shape index (κ3) is 4.86. The molecule has 4 rings (SSSR count). The van der Waals surface area contributed by atoms with Gasteiger partial charge in [-0.1, -0.05) is 50.2 Å². The highest BCUT2D eigenvalue weighted by molar-refractivity contribution is 5.74. The Balaban J connectivity index is 1.57. The van der Waals surface area contributed by atoms with Gasteiger partial charge in [0, 0.05) is 25.7 Å². The second-order valence-electron chi connectivity index (χ2n) is 8.98. The van der Waals surface area contributed by atoms with Crippen molar-refractivity contribution in [1.29, 1.82) is 0 Å². The van der Waals surface area contributed by atoms with E-state index in [1.54, 1.807) is 0 Å². The van der Waals surface area contributed by atoms with Crippen LogP contribution in [-0.4, -0.2) is 55.8 Å². The van der Waals surface area contributed by atoms with E-state index in [4.69, 9.17) is 14.7 Å². The molecule has 0 atom stereocenters. The van der Waals surface area contributed by atoms with Gasteiger partial charge >= 0.3 is 0 Å². The van der Waals surface area contributed by atoms with E-state index in [0.29, 0.717) is 12.5 Å². The predicted molar refractivity (Wildman–Crippen MR) is 132 cm³/mol. The maximum Gasteiger partial charge on any atom is 0.161 e. The van der Waals surface area contributed by atoms with E-state index >= 15 is 0 Å². The molecule has 2 aromatic carbocycles. The van der Waals surface area contributed by atoms with Crippen molar-refractivity contribution >= 4 is 11.5 Å². The summed E-state index contributed by atoms with van der Waals surface area (Å²) in [7, 11) is 6.19. The Morgan fingerprint density at radius 3 is 2.69 bits per heavy atom. The molecule has 6 heteroatoms. The smallest absolute Gasteiger partial charge is 0.161 e. The minimum atomic E-state index is 0.414. The molecule has 0 radical (unpaired) electrons. The summed E-state index contributed by atoms with van der Waals surface area (Å²) in [4.78, 5) is 16.4. The van der Waals surface area contributed by atoms with Gasteiger partial charge in [-0.25, -0.2) is 9.97 Å². The van der Waals surface area contributed by atoms with Crippen LogP contribution in [0.2, 0.25) is 0 Å². The third-order valence-electron chi connectivity index (χ3n) is 5.75. The average Bonchev–Trinajstić information content (AvgIpc) is 3.08. The van der Waals surface area contributed by atoms with E-state index in [-0.39, 0.29) is 0 Å². The van der Waals surface area contributed by atoms with E-state index in [0.717, 1.165) is 48.4 Å². The molecular weight excluding hydrogens is 398 g/mol. The Kier molecular flexibility index (Phi) is 6.61. The molecular formula is C26H33N5O. The lowest BCUT2D eigenvalue weighted by Crippen LogP contribution is -2.27. The highest BCUT2D eigenvalue weighted by Crippen LogP contribution is 2.36. The summed E-state index contributed by atoms with van der Waals surface area (Å²) in [6.45, 7) is 7.54. The van der Waals surface area contributed by atoms with E-state index in [9.17, 15) is 0 Å². The Bertz CT molecular complexity index is 1070. The van der Waals surface area contributed by atoms with Crippen LogP contribution in [0.1, 0.15) is 30.9 Å². The number of aromatic nitrogens is 2. The molecule has 0 saturated carbocycles. The van der Waals surface area contributed by atoms with Crippen molar-refractivity contribution < 1.29 is 4.74 Å². The zero-order chi connectivity index (χ0) is 22.7. The van der Waals surface area contributed by atoms with Gasteiger partial charge in [0.25, 0.3) is 0 Å². The number of ether oxygens (including phenoxy) is 1. The molecule has 168 valence electrons. The summed E-state index contributed by atoms with van der Waals surface area (Å²) in [5, 5.41) is 0.